The number of thiophene rings is 1. The van der Waals surface area contributed by atoms with E-state index >= 15 is 0 Å². The van der Waals surface area contributed by atoms with Crippen LogP contribution in [0.15, 0.2) is 140 Å². The van der Waals surface area contributed by atoms with E-state index in [2.05, 4.69) is 165 Å². The van der Waals surface area contributed by atoms with Crippen LogP contribution < -0.4 is 0 Å². The average molecular weight is 658 g/mol. The van der Waals surface area contributed by atoms with Gasteiger partial charge in [-0.25, -0.2) is 9.97 Å². The Hall–Kier alpha value is -6.10. The zero-order chi connectivity index (χ0) is 33.5. The lowest BCUT2D eigenvalue weighted by molar-refractivity contribution is 1.02. The van der Waals surface area contributed by atoms with Crippen molar-refractivity contribution in [3.8, 4) is 17.2 Å². The van der Waals surface area contributed by atoms with Crippen LogP contribution in [0.5, 0.6) is 0 Å². The van der Waals surface area contributed by atoms with Gasteiger partial charge in [-0.05, 0) is 63.9 Å². The molecule has 0 radical (unpaired) electrons. The van der Waals surface area contributed by atoms with Gasteiger partial charge in [-0.3, -0.25) is 4.57 Å². The summed E-state index contributed by atoms with van der Waals surface area (Å²) in [6.45, 7) is 8.62. The first-order valence-electron chi connectivity index (χ1n) is 17.0. The van der Waals surface area contributed by atoms with E-state index in [1.54, 1.807) is 0 Å². The standard InChI is InChI=1S/C46H31N3S/c1-4-14-36-40-33-21-10-9-20-32(33)39-35-22-11-12-24-38(35)49(43(39)45(40)50-44(36)27(2)3)46-47-37-26-25-29-16-6-8-19-31(29)41(37)42(48-46)34-23-13-17-28-15-5-7-18-30(28)34/h4-26H,2H2,1,3H3/b14-4-. The lowest BCUT2D eigenvalue weighted by atomic mass is 9.96. The van der Waals surface area contributed by atoms with E-state index in [-0.39, 0.29) is 0 Å². The predicted molar refractivity (Wildman–Crippen MR) is 217 cm³/mol. The van der Waals surface area contributed by atoms with Crippen molar-refractivity contribution in [2.24, 2.45) is 0 Å². The van der Waals surface area contributed by atoms with Crippen molar-refractivity contribution in [3.63, 3.8) is 0 Å². The summed E-state index contributed by atoms with van der Waals surface area (Å²) in [4.78, 5) is 12.3. The smallest absolute Gasteiger partial charge is 0.235 e. The largest absolute Gasteiger partial charge is 0.276 e. The molecule has 0 saturated carbocycles. The molecule has 4 heteroatoms. The maximum atomic E-state index is 5.63. The molecule has 0 fully saturated rings. The van der Waals surface area contributed by atoms with Gasteiger partial charge in [0, 0.05) is 37.5 Å². The average Bonchev–Trinajstić information content (AvgIpc) is 3.71. The number of allylic oxidation sites excluding steroid dienone is 2. The van der Waals surface area contributed by atoms with Gasteiger partial charge in [-0.15, -0.1) is 11.3 Å². The minimum absolute atomic E-state index is 0.663. The second kappa shape index (κ2) is 11.0. The van der Waals surface area contributed by atoms with Crippen molar-refractivity contribution < 1.29 is 0 Å². The molecule has 236 valence electrons. The molecule has 0 atom stereocenters. The fourth-order valence-electron chi connectivity index (χ4n) is 7.99. The van der Waals surface area contributed by atoms with Gasteiger partial charge in [0.2, 0.25) is 5.95 Å². The Morgan fingerprint density at radius 1 is 0.640 bits per heavy atom. The first kappa shape index (κ1) is 28.9. The second-order valence-corrected chi connectivity index (χ2v) is 14.1. The summed E-state index contributed by atoms with van der Waals surface area (Å²) >= 11 is 1.82. The van der Waals surface area contributed by atoms with Crippen molar-refractivity contribution in [2.45, 2.75) is 13.8 Å². The van der Waals surface area contributed by atoms with Crippen molar-refractivity contribution in [1.29, 1.82) is 0 Å². The SMILES string of the molecule is C=C(C)c1sc2c(c1/C=C\C)c1ccccc1c1c3ccccc3n(-c3nc(-c4cccc5ccccc45)c4c(ccc5ccccc54)n3)c21. The molecule has 0 amide bonds. The highest BCUT2D eigenvalue weighted by Gasteiger charge is 2.25. The Kier molecular flexibility index (Phi) is 6.33. The van der Waals surface area contributed by atoms with E-state index in [0.717, 1.165) is 44.2 Å². The highest BCUT2D eigenvalue weighted by Crippen LogP contribution is 2.48. The first-order chi connectivity index (χ1) is 24.6. The molecular weight excluding hydrogens is 627 g/mol. The van der Waals surface area contributed by atoms with E-state index in [9.17, 15) is 0 Å². The minimum Gasteiger partial charge on any atom is -0.276 e. The summed E-state index contributed by atoms with van der Waals surface area (Å²) in [5, 5.41) is 11.9. The first-order valence-corrected chi connectivity index (χ1v) is 17.8. The highest BCUT2D eigenvalue weighted by atomic mass is 32.1. The number of hydrogen-bond donors (Lipinski definition) is 0. The van der Waals surface area contributed by atoms with E-state index in [0.29, 0.717) is 5.95 Å². The molecule has 10 rings (SSSR count). The number of nitrogens with zero attached hydrogens (tertiary/aromatic N) is 3. The molecule has 7 aromatic carbocycles. The van der Waals surface area contributed by atoms with E-state index < -0.39 is 0 Å². The van der Waals surface area contributed by atoms with E-state index in [1.807, 2.05) is 11.3 Å². The molecule has 3 nitrogen and oxygen atoms in total. The van der Waals surface area contributed by atoms with Gasteiger partial charge in [0.05, 0.1) is 26.9 Å². The zero-order valence-corrected chi connectivity index (χ0v) is 28.6. The van der Waals surface area contributed by atoms with E-state index in [1.165, 1.54) is 58.2 Å². The van der Waals surface area contributed by atoms with Crippen LogP contribution in [0.2, 0.25) is 0 Å². The molecule has 50 heavy (non-hydrogen) atoms. The Balaban J connectivity index is 1.44. The Bertz CT molecular complexity index is 3080. The fourth-order valence-corrected chi connectivity index (χ4v) is 9.26. The number of aromatic nitrogens is 3. The fraction of sp³-hybridized carbons (Fsp3) is 0.0435. The summed E-state index contributed by atoms with van der Waals surface area (Å²) in [6.07, 6.45) is 4.38. The molecular formula is C46H31N3S. The third-order valence-corrected chi connectivity index (χ3v) is 11.4. The normalized spacial score (nSPS) is 12.2. The monoisotopic (exact) mass is 657 g/mol. The van der Waals surface area contributed by atoms with Crippen LogP contribution in [-0.4, -0.2) is 14.5 Å². The number of rotatable bonds is 4. The Morgan fingerprint density at radius 2 is 1.28 bits per heavy atom. The molecule has 3 aromatic heterocycles. The molecule has 0 aliphatic heterocycles. The molecule has 10 aromatic rings. The Morgan fingerprint density at radius 3 is 2.04 bits per heavy atom. The number of hydrogen-bond acceptors (Lipinski definition) is 3. The van der Waals surface area contributed by atoms with Gasteiger partial charge in [0.25, 0.3) is 0 Å². The zero-order valence-electron chi connectivity index (χ0n) is 27.7. The van der Waals surface area contributed by atoms with Gasteiger partial charge in [-0.1, -0.05) is 134 Å². The van der Waals surface area contributed by atoms with Gasteiger partial charge in [0.1, 0.15) is 0 Å². The van der Waals surface area contributed by atoms with Gasteiger partial charge >= 0.3 is 0 Å². The van der Waals surface area contributed by atoms with E-state index in [4.69, 9.17) is 9.97 Å². The Labute approximate surface area is 293 Å². The predicted octanol–water partition coefficient (Wildman–Crippen LogP) is 13.1. The summed E-state index contributed by atoms with van der Waals surface area (Å²) < 4.78 is 3.54. The van der Waals surface area contributed by atoms with Crippen LogP contribution in [0.4, 0.5) is 0 Å². The lowest BCUT2D eigenvalue weighted by Crippen LogP contribution is -2.04. The molecule has 0 aliphatic carbocycles. The third kappa shape index (κ3) is 4.03. The highest BCUT2D eigenvalue weighted by molar-refractivity contribution is 7.21. The molecule has 0 N–H and O–H groups in total. The van der Waals surface area contributed by atoms with Crippen LogP contribution in [0.3, 0.4) is 0 Å². The second-order valence-electron chi connectivity index (χ2n) is 13.0. The maximum Gasteiger partial charge on any atom is 0.235 e. The van der Waals surface area contributed by atoms with Crippen LogP contribution in [0.25, 0.3) is 104 Å². The van der Waals surface area contributed by atoms with Crippen molar-refractivity contribution >= 4 is 98.1 Å². The summed E-state index contributed by atoms with van der Waals surface area (Å²) in [7, 11) is 0. The number of benzene rings is 7. The van der Waals surface area contributed by atoms with Gasteiger partial charge < -0.3 is 0 Å². The summed E-state index contributed by atoms with van der Waals surface area (Å²) in [5.41, 5.74) is 7.45. The minimum atomic E-state index is 0.663. The molecule has 0 bridgehead atoms. The molecule has 0 spiro atoms. The molecule has 0 saturated heterocycles. The number of fused-ring (bicyclic) bond motifs is 12. The number of para-hydroxylation sites is 1. The summed E-state index contributed by atoms with van der Waals surface area (Å²) in [6, 6.07) is 45.5. The van der Waals surface area contributed by atoms with Crippen LogP contribution >= 0.6 is 11.3 Å². The molecule has 0 unspecified atom stereocenters. The van der Waals surface area contributed by atoms with Crippen LogP contribution in [0.1, 0.15) is 24.3 Å². The third-order valence-electron chi connectivity index (χ3n) is 10.0. The summed E-state index contributed by atoms with van der Waals surface area (Å²) in [5.74, 6) is 0.663. The quantitative estimate of drug-likeness (QED) is 0.176. The maximum absolute atomic E-state index is 5.63. The van der Waals surface area contributed by atoms with Crippen molar-refractivity contribution in [1.82, 2.24) is 14.5 Å². The van der Waals surface area contributed by atoms with Crippen LogP contribution in [0, 0.1) is 0 Å². The van der Waals surface area contributed by atoms with Gasteiger partial charge in [-0.2, -0.15) is 0 Å². The lowest BCUT2D eigenvalue weighted by Gasteiger charge is -2.15. The van der Waals surface area contributed by atoms with Crippen molar-refractivity contribution in [3.05, 3.63) is 150 Å². The van der Waals surface area contributed by atoms with Crippen LogP contribution in [-0.2, 0) is 0 Å². The topological polar surface area (TPSA) is 30.7 Å². The van der Waals surface area contributed by atoms with Gasteiger partial charge in [0.15, 0.2) is 0 Å². The molecule has 3 heterocycles. The molecule has 0 aliphatic rings. The van der Waals surface area contributed by atoms with Crippen molar-refractivity contribution in [2.75, 3.05) is 0 Å².